The summed E-state index contributed by atoms with van der Waals surface area (Å²) < 4.78 is 5.38. The standard InChI is InChI=1S/C16H22N2O4S.C6H5NO2S/c1-16(2,3)22-15(19)17-10-8-14(9-11-17)23-13-6-4-12(5-7-13)18(20)21;8-7(9)5-1-3-6(10)4-2-5/h4-7,14H,8-11H2,1-3H3;1-4,10H. The Morgan fingerprint density at radius 1 is 0.970 bits per heavy atom. The van der Waals surface area contributed by atoms with Gasteiger partial charge in [0.2, 0.25) is 0 Å². The van der Waals surface area contributed by atoms with Crippen LogP contribution in [0.2, 0.25) is 0 Å². The number of likely N-dealkylation sites (tertiary alicyclic amines) is 1. The lowest BCUT2D eigenvalue weighted by Crippen LogP contribution is -2.42. The quantitative estimate of drug-likeness (QED) is 0.317. The van der Waals surface area contributed by atoms with Gasteiger partial charge < -0.3 is 9.64 Å². The first-order valence-electron chi connectivity index (χ1n) is 10.3. The van der Waals surface area contributed by atoms with E-state index in [1.54, 1.807) is 40.9 Å². The first kappa shape index (κ1) is 26.5. The van der Waals surface area contributed by atoms with Gasteiger partial charge in [-0.1, -0.05) is 0 Å². The van der Waals surface area contributed by atoms with E-state index in [0.29, 0.717) is 18.3 Å². The fourth-order valence-corrected chi connectivity index (χ4v) is 4.17. The van der Waals surface area contributed by atoms with Crippen molar-refractivity contribution >= 4 is 41.9 Å². The second-order valence-electron chi connectivity index (χ2n) is 8.31. The van der Waals surface area contributed by atoms with Crippen LogP contribution in [0.25, 0.3) is 0 Å². The molecule has 9 nitrogen and oxygen atoms in total. The van der Waals surface area contributed by atoms with Crippen molar-refractivity contribution in [3.63, 3.8) is 0 Å². The van der Waals surface area contributed by atoms with Gasteiger partial charge in [-0.2, -0.15) is 0 Å². The minimum Gasteiger partial charge on any atom is -0.444 e. The van der Waals surface area contributed by atoms with Gasteiger partial charge >= 0.3 is 6.09 Å². The first-order chi connectivity index (χ1) is 15.4. The number of ether oxygens (including phenoxy) is 1. The summed E-state index contributed by atoms with van der Waals surface area (Å²) in [5, 5.41) is 21.2. The number of nitro groups is 2. The minimum absolute atomic E-state index is 0.0952. The molecular weight excluding hydrogens is 466 g/mol. The van der Waals surface area contributed by atoms with Crippen LogP contribution in [0.4, 0.5) is 16.2 Å². The highest BCUT2D eigenvalue weighted by Gasteiger charge is 2.27. The third kappa shape index (κ3) is 9.30. The van der Waals surface area contributed by atoms with Crippen LogP contribution in [0.5, 0.6) is 0 Å². The molecule has 0 saturated carbocycles. The Kier molecular flexibility index (Phi) is 9.54. The number of rotatable bonds is 4. The summed E-state index contributed by atoms with van der Waals surface area (Å²) in [5.41, 5.74) is -0.270. The first-order valence-corrected chi connectivity index (χ1v) is 11.6. The molecule has 178 valence electrons. The van der Waals surface area contributed by atoms with Crippen molar-refractivity contribution in [2.75, 3.05) is 13.1 Å². The number of nitrogens with zero attached hydrogens (tertiary/aromatic N) is 3. The monoisotopic (exact) mass is 493 g/mol. The Bertz CT molecular complexity index is 954. The highest BCUT2D eigenvalue weighted by Crippen LogP contribution is 2.31. The van der Waals surface area contributed by atoms with E-state index in [9.17, 15) is 25.0 Å². The zero-order chi connectivity index (χ0) is 24.6. The number of thiol groups is 1. The lowest BCUT2D eigenvalue weighted by Gasteiger charge is -2.33. The maximum atomic E-state index is 12.0. The topological polar surface area (TPSA) is 116 Å². The molecule has 1 amide bonds. The smallest absolute Gasteiger partial charge is 0.410 e. The summed E-state index contributed by atoms with van der Waals surface area (Å²) in [7, 11) is 0. The molecule has 2 aromatic carbocycles. The average Bonchev–Trinajstić information content (AvgIpc) is 2.74. The third-order valence-corrected chi connectivity index (χ3v) is 6.15. The van der Waals surface area contributed by atoms with Gasteiger partial charge in [-0.15, -0.1) is 24.4 Å². The molecule has 0 N–H and O–H groups in total. The molecule has 1 heterocycles. The average molecular weight is 494 g/mol. The molecule has 0 radical (unpaired) electrons. The minimum atomic E-state index is -0.471. The fraction of sp³-hybridized carbons (Fsp3) is 0.409. The van der Waals surface area contributed by atoms with Crippen molar-refractivity contribution in [2.45, 2.75) is 54.3 Å². The SMILES string of the molecule is CC(C)(C)OC(=O)N1CCC(Sc2ccc([N+](=O)[O-])cc2)CC1.O=[N+]([O-])c1ccc(S)cc1. The van der Waals surface area contributed by atoms with Crippen LogP contribution in [0.15, 0.2) is 58.3 Å². The van der Waals surface area contributed by atoms with Crippen LogP contribution < -0.4 is 0 Å². The van der Waals surface area contributed by atoms with Gasteiger partial charge in [0.1, 0.15) is 5.60 Å². The van der Waals surface area contributed by atoms with Crippen LogP contribution in [0.1, 0.15) is 33.6 Å². The zero-order valence-electron chi connectivity index (χ0n) is 18.7. The van der Waals surface area contributed by atoms with E-state index in [-0.39, 0.29) is 17.5 Å². The highest BCUT2D eigenvalue weighted by molar-refractivity contribution is 8.00. The number of hydrogen-bond donors (Lipinski definition) is 1. The van der Waals surface area contributed by atoms with Gasteiger partial charge in [-0.05, 0) is 57.9 Å². The summed E-state index contributed by atoms with van der Waals surface area (Å²) in [6.45, 7) is 6.95. The van der Waals surface area contributed by atoms with E-state index in [2.05, 4.69) is 12.6 Å². The maximum absolute atomic E-state index is 12.0. The van der Waals surface area contributed by atoms with E-state index in [1.165, 1.54) is 24.3 Å². The zero-order valence-corrected chi connectivity index (χ0v) is 20.4. The summed E-state index contributed by atoms with van der Waals surface area (Å²) in [6, 6.07) is 12.6. The van der Waals surface area contributed by atoms with E-state index in [1.807, 2.05) is 20.8 Å². The molecule has 33 heavy (non-hydrogen) atoms. The van der Waals surface area contributed by atoms with E-state index in [0.717, 1.165) is 22.6 Å². The van der Waals surface area contributed by atoms with Crippen LogP contribution in [-0.4, -0.2) is 44.8 Å². The number of benzene rings is 2. The molecule has 0 aromatic heterocycles. The van der Waals surface area contributed by atoms with Gasteiger partial charge in [-0.3, -0.25) is 20.2 Å². The molecule has 1 aliphatic heterocycles. The summed E-state index contributed by atoms with van der Waals surface area (Å²) in [5.74, 6) is 0. The lowest BCUT2D eigenvalue weighted by atomic mass is 10.1. The van der Waals surface area contributed by atoms with Crippen LogP contribution >= 0.6 is 24.4 Å². The van der Waals surface area contributed by atoms with Crippen molar-refractivity contribution in [2.24, 2.45) is 0 Å². The lowest BCUT2D eigenvalue weighted by molar-refractivity contribution is -0.385. The molecule has 1 fully saturated rings. The Morgan fingerprint density at radius 3 is 1.85 bits per heavy atom. The summed E-state index contributed by atoms with van der Waals surface area (Å²) >= 11 is 5.69. The van der Waals surface area contributed by atoms with Gasteiger partial charge in [0.25, 0.3) is 11.4 Å². The second-order valence-corrected chi connectivity index (χ2v) is 10.2. The van der Waals surface area contributed by atoms with Crippen molar-refractivity contribution in [3.8, 4) is 0 Å². The van der Waals surface area contributed by atoms with Crippen molar-refractivity contribution < 1.29 is 19.4 Å². The fourth-order valence-electron chi connectivity index (χ4n) is 2.90. The normalized spacial score (nSPS) is 14.1. The Morgan fingerprint density at radius 2 is 1.42 bits per heavy atom. The Hall–Kier alpha value is -2.79. The predicted molar refractivity (Wildman–Crippen MR) is 130 cm³/mol. The Balaban J connectivity index is 0.000000321. The molecule has 0 unspecified atom stereocenters. The molecule has 3 rings (SSSR count). The van der Waals surface area contributed by atoms with Gasteiger partial charge in [0, 0.05) is 52.4 Å². The number of thioether (sulfide) groups is 1. The molecule has 0 atom stereocenters. The van der Waals surface area contributed by atoms with Crippen LogP contribution in [-0.2, 0) is 4.74 Å². The summed E-state index contributed by atoms with van der Waals surface area (Å²) in [4.78, 5) is 35.4. The van der Waals surface area contributed by atoms with Crippen LogP contribution in [0.3, 0.4) is 0 Å². The van der Waals surface area contributed by atoms with Gasteiger partial charge in [-0.25, -0.2) is 4.79 Å². The number of non-ortho nitro benzene ring substituents is 2. The van der Waals surface area contributed by atoms with Crippen molar-refractivity contribution in [1.29, 1.82) is 0 Å². The molecule has 1 saturated heterocycles. The molecule has 0 spiro atoms. The largest absolute Gasteiger partial charge is 0.444 e. The molecule has 11 heteroatoms. The third-order valence-electron chi connectivity index (χ3n) is 4.50. The number of piperidine rings is 1. The number of amides is 1. The number of carbonyl (C=O) groups is 1. The van der Waals surface area contributed by atoms with E-state index in [4.69, 9.17) is 4.74 Å². The maximum Gasteiger partial charge on any atom is 0.410 e. The molecular formula is C22H27N3O6S2. The van der Waals surface area contributed by atoms with E-state index >= 15 is 0 Å². The van der Waals surface area contributed by atoms with Gasteiger partial charge in [0.15, 0.2) is 0 Å². The van der Waals surface area contributed by atoms with Crippen LogP contribution in [0, 0.1) is 20.2 Å². The highest BCUT2D eigenvalue weighted by atomic mass is 32.2. The number of hydrogen-bond acceptors (Lipinski definition) is 8. The number of carbonyl (C=O) groups excluding carboxylic acids is 1. The molecule has 0 bridgehead atoms. The predicted octanol–water partition coefficient (Wildman–Crippen LogP) is 5.97. The summed E-state index contributed by atoms with van der Waals surface area (Å²) in [6.07, 6.45) is 1.53. The Labute approximate surface area is 202 Å². The van der Waals surface area contributed by atoms with E-state index < -0.39 is 15.4 Å². The van der Waals surface area contributed by atoms with Crippen molar-refractivity contribution in [1.82, 2.24) is 4.90 Å². The van der Waals surface area contributed by atoms with Gasteiger partial charge in [0.05, 0.1) is 9.85 Å². The second kappa shape index (κ2) is 11.9. The molecule has 0 aliphatic carbocycles. The molecule has 2 aromatic rings. The molecule has 1 aliphatic rings. The van der Waals surface area contributed by atoms with Crippen molar-refractivity contribution in [3.05, 3.63) is 68.8 Å². The number of nitro benzene ring substituents is 2.